The van der Waals surface area contributed by atoms with Gasteiger partial charge in [0.15, 0.2) is 6.61 Å². The second-order valence-electron chi connectivity index (χ2n) is 4.23. The maximum absolute atomic E-state index is 11.7. The quantitative estimate of drug-likeness (QED) is 0.676. The SMILES string of the molecule is COc1cccc(NC(=O)COC(=O)c2ccc(Cl)nc2)c1. The van der Waals surface area contributed by atoms with Crippen LogP contribution in [0.5, 0.6) is 5.75 Å². The van der Waals surface area contributed by atoms with Crippen molar-refractivity contribution in [2.45, 2.75) is 0 Å². The zero-order valence-electron chi connectivity index (χ0n) is 11.7. The Balaban J connectivity index is 1.87. The number of methoxy groups -OCH3 is 1. The van der Waals surface area contributed by atoms with E-state index in [2.05, 4.69) is 10.3 Å². The number of hydrogen-bond acceptors (Lipinski definition) is 5. The van der Waals surface area contributed by atoms with Gasteiger partial charge in [0, 0.05) is 18.0 Å². The van der Waals surface area contributed by atoms with Crippen LogP contribution in [0.25, 0.3) is 0 Å². The number of amides is 1. The lowest BCUT2D eigenvalue weighted by Crippen LogP contribution is -2.21. The van der Waals surface area contributed by atoms with Crippen LogP contribution in [0, 0.1) is 0 Å². The number of halogens is 1. The molecule has 0 aliphatic heterocycles. The summed E-state index contributed by atoms with van der Waals surface area (Å²) < 4.78 is 9.94. The first-order valence-corrected chi connectivity index (χ1v) is 6.69. The lowest BCUT2D eigenvalue weighted by molar-refractivity contribution is -0.119. The van der Waals surface area contributed by atoms with Gasteiger partial charge in [0.25, 0.3) is 5.91 Å². The van der Waals surface area contributed by atoms with E-state index in [0.29, 0.717) is 11.4 Å². The van der Waals surface area contributed by atoms with Crippen molar-refractivity contribution in [1.29, 1.82) is 0 Å². The highest BCUT2D eigenvalue weighted by molar-refractivity contribution is 6.29. The van der Waals surface area contributed by atoms with Gasteiger partial charge in [-0.3, -0.25) is 4.79 Å². The minimum atomic E-state index is -0.648. The summed E-state index contributed by atoms with van der Waals surface area (Å²) in [7, 11) is 1.53. The van der Waals surface area contributed by atoms with Crippen LogP contribution in [-0.2, 0) is 9.53 Å². The number of pyridine rings is 1. The van der Waals surface area contributed by atoms with Crippen molar-refractivity contribution >= 4 is 29.2 Å². The Bertz CT molecular complexity index is 673. The Labute approximate surface area is 132 Å². The van der Waals surface area contributed by atoms with E-state index in [1.165, 1.54) is 25.4 Å². The summed E-state index contributed by atoms with van der Waals surface area (Å²) in [4.78, 5) is 27.2. The van der Waals surface area contributed by atoms with Gasteiger partial charge >= 0.3 is 5.97 Å². The summed E-state index contributed by atoms with van der Waals surface area (Å²) in [6.45, 7) is -0.404. The van der Waals surface area contributed by atoms with Gasteiger partial charge in [-0.1, -0.05) is 17.7 Å². The van der Waals surface area contributed by atoms with Crippen LogP contribution in [0.2, 0.25) is 5.15 Å². The summed E-state index contributed by atoms with van der Waals surface area (Å²) in [6, 6.07) is 9.78. The van der Waals surface area contributed by atoms with Crippen molar-refractivity contribution in [2.24, 2.45) is 0 Å². The fraction of sp³-hybridized carbons (Fsp3) is 0.133. The van der Waals surface area contributed by atoms with E-state index in [4.69, 9.17) is 21.1 Å². The van der Waals surface area contributed by atoms with Crippen molar-refractivity contribution in [1.82, 2.24) is 4.98 Å². The highest BCUT2D eigenvalue weighted by atomic mass is 35.5. The Morgan fingerprint density at radius 1 is 1.27 bits per heavy atom. The van der Waals surface area contributed by atoms with Gasteiger partial charge in [-0.25, -0.2) is 9.78 Å². The summed E-state index contributed by atoms with van der Waals surface area (Å²) >= 11 is 5.62. The average Bonchev–Trinajstić information content (AvgIpc) is 2.53. The number of anilines is 1. The van der Waals surface area contributed by atoms with Crippen molar-refractivity contribution < 1.29 is 19.1 Å². The van der Waals surface area contributed by atoms with Crippen molar-refractivity contribution in [3.8, 4) is 5.75 Å². The molecule has 114 valence electrons. The van der Waals surface area contributed by atoms with Crippen LogP contribution in [-0.4, -0.2) is 30.6 Å². The normalized spacial score (nSPS) is 9.91. The lowest BCUT2D eigenvalue weighted by Gasteiger charge is -2.07. The largest absolute Gasteiger partial charge is 0.497 e. The summed E-state index contributed by atoms with van der Waals surface area (Å²) in [6.07, 6.45) is 1.28. The molecule has 1 heterocycles. The van der Waals surface area contributed by atoms with E-state index in [-0.39, 0.29) is 10.7 Å². The third kappa shape index (κ3) is 4.46. The van der Waals surface area contributed by atoms with Gasteiger partial charge in [-0.05, 0) is 24.3 Å². The van der Waals surface area contributed by atoms with E-state index in [1.807, 2.05) is 0 Å². The first-order chi connectivity index (χ1) is 10.6. The number of nitrogens with zero attached hydrogens (tertiary/aromatic N) is 1. The van der Waals surface area contributed by atoms with Gasteiger partial charge in [-0.2, -0.15) is 0 Å². The molecule has 6 nitrogen and oxygen atoms in total. The molecule has 0 aliphatic carbocycles. The topological polar surface area (TPSA) is 77.5 Å². The standard InChI is InChI=1S/C15H13ClN2O4/c1-21-12-4-2-3-11(7-12)18-14(19)9-22-15(20)10-5-6-13(16)17-8-10/h2-8H,9H2,1H3,(H,18,19). The highest BCUT2D eigenvalue weighted by Crippen LogP contribution is 2.16. The van der Waals surface area contributed by atoms with Crippen LogP contribution >= 0.6 is 11.6 Å². The molecular weight excluding hydrogens is 308 g/mol. The molecule has 0 bridgehead atoms. The molecule has 0 radical (unpaired) electrons. The molecule has 1 N–H and O–H groups in total. The number of aromatic nitrogens is 1. The molecule has 0 spiro atoms. The van der Waals surface area contributed by atoms with Crippen LogP contribution in [0.4, 0.5) is 5.69 Å². The number of nitrogens with one attached hydrogen (secondary N) is 1. The van der Waals surface area contributed by atoms with E-state index in [1.54, 1.807) is 24.3 Å². The summed E-state index contributed by atoms with van der Waals surface area (Å²) in [5.74, 6) is -0.490. The monoisotopic (exact) mass is 320 g/mol. The van der Waals surface area contributed by atoms with Crippen molar-refractivity contribution in [3.05, 3.63) is 53.3 Å². The average molecular weight is 321 g/mol. The molecule has 22 heavy (non-hydrogen) atoms. The van der Waals surface area contributed by atoms with Crippen LogP contribution in [0.15, 0.2) is 42.6 Å². The third-order valence-electron chi connectivity index (χ3n) is 2.65. The number of hydrogen-bond donors (Lipinski definition) is 1. The predicted molar refractivity (Wildman–Crippen MR) is 81.2 cm³/mol. The minimum Gasteiger partial charge on any atom is -0.497 e. The van der Waals surface area contributed by atoms with Gasteiger partial charge in [-0.15, -0.1) is 0 Å². The van der Waals surface area contributed by atoms with Crippen LogP contribution in [0.3, 0.4) is 0 Å². The highest BCUT2D eigenvalue weighted by Gasteiger charge is 2.11. The maximum atomic E-state index is 11.7. The minimum absolute atomic E-state index is 0.221. The first kappa shape index (κ1) is 15.8. The molecule has 0 aliphatic rings. The summed E-state index contributed by atoms with van der Waals surface area (Å²) in [5, 5.41) is 2.87. The molecule has 1 amide bonds. The van der Waals surface area contributed by atoms with Crippen molar-refractivity contribution in [2.75, 3.05) is 19.0 Å². The van der Waals surface area contributed by atoms with Gasteiger partial charge in [0.05, 0.1) is 12.7 Å². The number of benzene rings is 1. The Hall–Kier alpha value is -2.60. The van der Waals surface area contributed by atoms with Crippen molar-refractivity contribution in [3.63, 3.8) is 0 Å². The van der Waals surface area contributed by atoms with E-state index in [0.717, 1.165) is 0 Å². The van der Waals surface area contributed by atoms with Gasteiger partial charge in [0.1, 0.15) is 10.9 Å². The number of ether oxygens (including phenoxy) is 2. The molecular formula is C15H13ClN2O4. The Kier molecular flexibility index (Phi) is 5.32. The Morgan fingerprint density at radius 2 is 2.09 bits per heavy atom. The predicted octanol–water partition coefficient (Wildman–Crippen LogP) is 2.54. The first-order valence-electron chi connectivity index (χ1n) is 6.31. The van der Waals surface area contributed by atoms with Crippen LogP contribution < -0.4 is 10.1 Å². The Morgan fingerprint density at radius 3 is 2.77 bits per heavy atom. The van der Waals surface area contributed by atoms with E-state index in [9.17, 15) is 9.59 Å². The zero-order valence-corrected chi connectivity index (χ0v) is 12.5. The summed E-state index contributed by atoms with van der Waals surface area (Å²) in [5.41, 5.74) is 0.770. The molecule has 1 aromatic heterocycles. The third-order valence-corrected chi connectivity index (χ3v) is 2.87. The second kappa shape index (κ2) is 7.42. The lowest BCUT2D eigenvalue weighted by atomic mass is 10.3. The van der Waals surface area contributed by atoms with Crippen LogP contribution in [0.1, 0.15) is 10.4 Å². The fourth-order valence-corrected chi connectivity index (χ4v) is 1.72. The molecule has 0 unspecified atom stereocenters. The number of carbonyl (C=O) groups is 2. The molecule has 7 heteroatoms. The second-order valence-corrected chi connectivity index (χ2v) is 4.61. The number of rotatable bonds is 5. The van der Waals surface area contributed by atoms with Gasteiger partial charge in [0.2, 0.25) is 0 Å². The molecule has 0 saturated carbocycles. The molecule has 0 atom stereocenters. The molecule has 0 saturated heterocycles. The van der Waals surface area contributed by atoms with E-state index < -0.39 is 18.5 Å². The molecule has 2 aromatic rings. The van der Waals surface area contributed by atoms with E-state index >= 15 is 0 Å². The number of esters is 1. The fourth-order valence-electron chi connectivity index (χ4n) is 1.61. The number of carbonyl (C=O) groups excluding carboxylic acids is 2. The smallest absolute Gasteiger partial charge is 0.340 e. The molecule has 1 aromatic carbocycles. The molecule has 0 fully saturated rings. The molecule has 2 rings (SSSR count). The van der Waals surface area contributed by atoms with Gasteiger partial charge < -0.3 is 14.8 Å². The zero-order chi connectivity index (χ0) is 15.9. The maximum Gasteiger partial charge on any atom is 0.340 e.